The predicted molar refractivity (Wildman–Crippen MR) is 97.6 cm³/mol. The third-order valence-electron chi connectivity index (χ3n) is 4.31. The third kappa shape index (κ3) is 4.83. The molecule has 2 aromatic rings. The SMILES string of the molecule is CN(Cc1ccccc1)Cc1cc(Cl)ccc1CNC(=O)C1CC1. The van der Waals surface area contributed by atoms with Crippen molar-refractivity contribution in [3.63, 3.8) is 0 Å². The summed E-state index contributed by atoms with van der Waals surface area (Å²) in [5.41, 5.74) is 3.58. The van der Waals surface area contributed by atoms with Gasteiger partial charge in [-0.15, -0.1) is 0 Å². The molecule has 0 heterocycles. The molecule has 0 aromatic heterocycles. The van der Waals surface area contributed by atoms with Crippen LogP contribution in [0.15, 0.2) is 48.5 Å². The highest BCUT2D eigenvalue weighted by Crippen LogP contribution is 2.29. The molecule has 3 nitrogen and oxygen atoms in total. The van der Waals surface area contributed by atoms with Crippen LogP contribution in [0.4, 0.5) is 0 Å². The second kappa shape index (κ2) is 7.82. The van der Waals surface area contributed by atoms with Crippen molar-refractivity contribution in [1.29, 1.82) is 0 Å². The Morgan fingerprint density at radius 1 is 1.12 bits per heavy atom. The van der Waals surface area contributed by atoms with Crippen LogP contribution >= 0.6 is 11.6 Å². The lowest BCUT2D eigenvalue weighted by atomic mass is 10.1. The van der Waals surface area contributed by atoms with Gasteiger partial charge in [-0.1, -0.05) is 48.0 Å². The van der Waals surface area contributed by atoms with Gasteiger partial charge in [0.25, 0.3) is 0 Å². The first kappa shape index (κ1) is 17.0. The topological polar surface area (TPSA) is 32.3 Å². The molecule has 4 heteroatoms. The van der Waals surface area contributed by atoms with E-state index in [-0.39, 0.29) is 11.8 Å². The molecule has 24 heavy (non-hydrogen) atoms. The highest BCUT2D eigenvalue weighted by atomic mass is 35.5. The fourth-order valence-corrected chi connectivity index (χ4v) is 3.02. The summed E-state index contributed by atoms with van der Waals surface area (Å²) >= 11 is 6.18. The second-order valence-corrected chi connectivity index (χ2v) is 7.00. The molecule has 0 unspecified atom stereocenters. The molecular formula is C20H23ClN2O. The van der Waals surface area contributed by atoms with Crippen LogP contribution in [0.3, 0.4) is 0 Å². The molecule has 1 amide bonds. The molecule has 1 saturated carbocycles. The zero-order chi connectivity index (χ0) is 16.9. The molecule has 3 rings (SSSR count). The highest BCUT2D eigenvalue weighted by molar-refractivity contribution is 6.30. The van der Waals surface area contributed by atoms with Crippen LogP contribution in [0, 0.1) is 5.92 Å². The van der Waals surface area contributed by atoms with Gasteiger partial charge in [0.15, 0.2) is 0 Å². The van der Waals surface area contributed by atoms with Crippen molar-refractivity contribution in [1.82, 2.24) is 10.2 Å². The Hall–Kier alpha value is -1.84. The number of nitrogens with zero attached hydrogens (tertiary/aromatic N) is 1. The van der Waals surface area contributed by atoms with Crippen molar-refractivity contribution < 1.29 is 4.79 Å². The molecule has 0 bridgehead atoms. The van der Waals surface area contributed by atoms with Crippen LogP contribution in [-0.4, -0.2) is 17.9 Å². The van der Waals surface area contributed by atoms with Crippen molar-refractivity contribution in [3.8, 4) is 0 Å². The predicted octanol–water partition coefficient (Wildman–Crippen LogP) is 4.00. The number of hydrogen-bond acceptors (Lipinski definition) is 2. The number of carbonyl (C=O) groups is 1. The zero-order valence-electron chi connectivity index (χ0n) is 14.0. The Balaban J connectivity index is 1.64. The summed E-state index contributed by atoms with van der Waals surface area (Å²) < 4.78 is 0. The van der Waals surface area contributed by atoms with Crippen molar-refractivity contribution in [2.45, 2.75) is 32.5 Å². The van der Waals surface area contributed by atoms with E-state index in [0.717, 1.165) is 42.1 Å². The number of benzene rings is 2. The summed E-state index contributed by atoms with van der Waals surface area (Å²) in [6, 6.07) is 16.3. The number of hydrogen-bond donors (Lipinski definition) is 1. The van der Waals surface area contributed by atoms with Gasteiger partial charge in [-0.3, -0.25) is 9.69 Å². The van der Waals surface area contributed by atoms with Gasteiger partial charge in [0.05, 0.1) is 0 Å². The Morgan fingerprint density at radius 2 is 1.88 bits per heavy atom. The molecule has 0 aliphatic heterocycles. The molecular weight excluding hydrogens is 320 g/mol. The fraction of sp³-hybridized carbons (Fsp3) is 0.350. The van der Waals surface area contributed by atoms with Gasteiger partial charge in [-0.25, -0.2) is 0 Å². The monoisotopic (exact) mass is 342 g/mol. The second-order valence-electron chi connectivity index (χ2n) is 6.56. The van der Waals surface area contributed by atoms with Crippen molar-refractivity contribution in [3.05, 3.63) is 70.2 Å². The van der Waals surface area contributed by atoms with E-state index in [9.17, 15) is 4.79 Å². The van der Waals surface area contributed by atoms with Crippen molar-refractivity contribution >= 4 is 17.5 Å². The Bertz CT molecular complexity index is 698. The molecule has 0 saturated heterocycles. The first-order valence-corrected chi connectivity index (χ1v) is 8.77. The molecule has 2 aromatic carbocycles. The van der Waals surface area contributed by atoms with Crippen molar-refractivity contribution in [2.24, 2.45) is 5.92 Å². The summed E-state index contributed by atoms with van der Waals surface area (Å²) in [5, 5.41) is 3.77. The summed E-state index contributed by atoms with van der Waals surface area (Å²) in [4.78, 5) is 14.1. The molecule has 1 fully saturated rings. The number of rotatable bonds is 7. The zero-order valence-corrected chi connectivity index (χ0v) is 14.7. The molecule has 0 spiro atoms. The summed E-state index contributed by atoms with van der Waals surface area (Å²) in [6.45, 7) is 2.24. The Morgan fingerprint density at radius 3 is 2.58 bits per heavy atom. The van der Waals surface area contributed by atoms with Crippen LogP contribution < -0.4 is 5.32 Å². The van der Waals surface area contributed by atoms with E-state index >= 15 is 0 Å². The van der Waals surface area contributed by atoms with E-state index in [2.05, 4.69) is 41.5 Å². The molecule has 0 radical (unpaired) electrons. The first-order chi connectivity index (χ1) is 11.6. The quantitative estimate of drug-likeness (QED) is 0.825. The van der Waals surface area contributed by atoms with Gasteiger partial charge in [-0.2, -0.15) is 0 Å². The van der Waals surface area contributed by atoms with Gasteiger partial charge in [0, 0.05) is 30.6 Å². The van der Waals surface area contributed by atoms with Crippen LogP contribution in [0.5, 0.6) is 0 Å². The van der Waals surface area contributed by atoms with Gasteiger partial charge in [-0.05, 0) is 48.7 Å². The minimum atomic E-state index is 0.175. The normalized spacial score (nSPS) is 14.0. The maximum absolute atomic E-state index is 11.9. The van der Waals surface area contributed by atoms with Gasteiger partial charge < -0.3 is 5.32 Å². The highest BCUT2D eigenvalue weighted by Gasteiger charge is 2.29. The lowest BCUT2D eigenvalue weighted by molar-refractivity contribution is -0.122. The number of nitrogens with one attached hydrogen (secondary N) is 1. The minimum absolute atomic E-state index is 0.175. The van der Waals surface area contributed by atoms with Crippen molar-refractivity contribution in [2.75, 3.05) is 7.05 Å². The average molecular weight is 343 g/mol. The number of carbonyl (C=O) groups excluding carboxylic acids is 1. The van der Waals surface area contributed by atoms with Gasteiger partial charge in [0.2, 0.25) is 5.91 Å². The lowest BCUT2D eigenvalue weighted by Gasteiger charge is -2.19. The standard InChI is InChI=1S/C20H23ClN2O/c1-23(13-15-5-3-2-4-6-15)14-18-11-19(21)10-9-17(18)12-22-20(24)16-7-8-16/h2-6,9-11,16H,7-8,12-14H2,1H3,(H,22,24). The van der Waals surface area contributed by atoms with Crippen LogP contribution in [0.25, 0.3) is 0 Å². The van der Waals surface area contributed by atoms with E-state index in [0.29, 0.717) is 6.54 Å². The maximum atomic E-state index is 11.9. The Labute approximate surface area is 148 Å². The Kier molecular flexibility index (Phi) is 5.54. The summed E-state index contributed by atoms with van der Waals surface area (Å²) in [7, 11) is 2.10. The first-order valence-electron chi connectivity index (χ1n) is 8.39. The van der Waals surface area contributed by atoms with E-state index in [1.165, 1.54) is 5.56 Å². The smallest absolute Gasteiger partial charge is 0.223 e. The van der Waals surface area contributed by atoms with Crippen LogP contribution in [-0.2, 0) is 24.4 Å². The van der Waals surface area contributed by atoms with Gasteiger partial charge >= 0.3 is 0 Å². The van der Waals surface area contributed by atoms with E-state index in [1.807, 2.05) is 24.3 Å². The third-order valence-corrected chi connectivity index (χ3v) is 4.54. The summed E-state index contributed by atoms with van der Waals surface area (Å²) in [5.74, 6) is 0.412. The molecule has 1 N–H and O–H groups in total. The maximum Gasteiger partial charge on any atom is 0.223 e. The summed E-state index contributed by atoms with van der Waals surface area (Å²) in [6.07, 6.45) is 2.05. The molecule has 1 aliphatic rings. The van der Waals surface area contributed by atoms with Gasteiger partial charge in [0.1, 0.15) is 0 Å². The lowest BCUT2D eigenvalue weighted by Crippen LogP contribution is -2.25. The molecule has 1 aliphatic carbocycles. The minimum Gasteiger partial charge on any atom is -0.352 e. The van der Waals surface area contributed by atoms with Crippen LogP contribution in [0.1, 0.15) is 29.5 Å². The van der Waals surface area contributed by atoms with Crippen LogP contribution in [0.2, 0.25) is 5.02 Å². The van der Waals surface area contributed by atoms with E-state index in [1.54, 1.807) is 0 Å². The molecule has 0 atom stereocenters. The van der Waals surface area contributed by atoms with E-state index in [4.69, 9.17) is 11.6 Å². The number of amides is 1. The average Bonchev–Trinajstić information content (AvgIpc) is 3.39. The molecule has 126 valence electrons. The number of halogens is 1. The largest absolute Gasteiger partial charge is 0.352 e. The van der Waals surface area contributed by atoms with E-state index < -0.39 is 0 Å². The fourth-order valence-electron chi connectivity index (χ4n) is 2.83.